The van der Waals surface area contributed by atoms with E-state index in [4.69, 9.17) is 5.73 Å². The van der Waals surface area contributed by atoms with Gasteiger partial charge in [0.15, 0.2) is 5.96 Å². The number of anilines is 1. The van der Waals surface area contributed by atoms with Crippen LogP contribution in [0.25, 0.3) is 0 Å². The predicted octanol–water partition coefficient (Wildman–Crippen LogP) is 3.22. The molecule has 0 aliphatic rings. The normalized spacial score (nSPS) is 11.7. The lowest BCUT2D eigenvalue weighted by atomic mass is 10.1. The van der Waals surface area contributed by atoms with Crippen LogP contribution in [0.5, 0.6) is 0 Å². The second-order valence-corrected chi connectivity index (χ2v) is 5.91. The number of benzene rings is 1. The first kappa shape index (κ1) is 20.0. The van der Waals surface area contributed by atoms with Crippen LogP contribution in [0, 0.1) is 0 Å². The first-order valence-electron chi connectivity index (χ1n) is 7.30. The third-order valence-corrected chi connectivity index (χ3v) is 2.87. The Kier molecular flexibility index (Phi) is 9.41. The van der Waals surface area contributed by atoms with Crippen molar-refractivity contribution in [3.05, 3.63) is 30.3 Å². The molecule has 1 aromatic rings. The molecule has 0 aliphatic heterocycles. The minimum absolute atomic E-state index is 0. The molecule has 0 amide bonds. The number of hydrogen-bond donors (Lipinski definition) is 2. The van der Waals surface area contributed by atoms with Gasteiger partial charge in [0.2, 0.25) is 0 Å². The molecule has 0 bridgehead atoms. The monoisotopic (exact) mass is 404 g/mol. The summed E-state index contributed by atoms with van der Waals surface area (Å²) in [6.07, 6.45) is 0.995. The Bertz CT molecular complexity index is 412. The molecule has 0 heterocycles. The average Bonchev–Trinajstić information content (AvgIpc) is 2.38. The Labute approximate surface area is 146 Å². The molecule has 21 heavy (non-hydrogen) atoms. The van der Waals surface area contributed by atoms with E-state index in [0.717, 1.165) is 26.1 Å². The first-order chi connectivity index (χ1) is 9.42. The molecule has 0 saturated carbocycles. The van der Waals surface area contributed by atoms with Gasteiger partial charge in [-0.15, -0.1) is 24.0 Å². The van der Waals surface area contributed by atoms with Gasteiger partial charge in [-0.05, 0) is 46.2 Å². The lowest BCUT2D eigenvalue weighted by Crippen LogP contribution is -2.45. The van der Waals surface area contributed by atoms with Crippen LogP contribution in [0.3, 0.4) is 0 Å². The van der Waals surface area contributed by atoms with E-state index in [2.05, 4.69) is 67.2 Å². The van der Waals surface area contributed by atoms with Crippen molar-refractivity contribution in [2.45, 2.75) is 39.7 Å². The summed E-state index contributed by atoms with van der Waals surface area (Å²) >= 11 is 0. The predicted molar refractivity (Wildman–Crippen MR) is 104 cm³/mol. The van der Waals surface area contributed by atoms with Crippen molar-refractivity contribution in [1.29, 1.82) is 0 Å². The Morgan fingerprint density at radius 2 is 1.86 bits per heavy atom. The van der Waals surface area contributed by atoms with Crippen molar-refractivity contribution in [1.82, 2.24) is 5.32 Å². The smallest absolute Gasteiger partial charge is 0.188 e. The molecule has 4 nitrogen and oxygen atoms in total. The second kappa shape index (κ2) is 9.87. The van der Waals surface area contributed by atoms with Gasteiger partial charge in [0, 0.05) is 30.9 Å². The van der Waals surface area contributed by atoms with E-state index in [9.17, 15) is 0 Å². The summed E-state index contributed by atoms with van der Waals surface area (Å²) in [6.45, 7) is 11.1. The molecule has 5 heteroatoms. The number of nitrogens with one attached hydrogen (secondary N) is 1. The summed E-state index contributed by atoms with van der Waals surface area (Å²) in [5, 5.41) is 3.17. The van der Waals surface area contributed by atoms with Crippen molar-refractivity contribution in [2.75, 3.05) is 24.5 Å². The molecule has 3 N–H and O–H groups in total. The van der Waals surface area contributed by atoms with E-state index in [1.807, 2.05) is 6.07 Å². The highest BCUT2D eigenvalue weighted by Crippen LogP contribution is 2.12. The first-order valence-corrected chi connectivity index (χ1v) is 7.30. The molecule has 0 fully saturated rings. The van der Waals surface area contributed by atoms with Crippen LogP contribution in [-0.4, -0.2) is 31.1 Å². The third kappa shape index (κ3) is 8.80. The van der Waals surface area contributed by atoms with E-state index in [1.54, 1.807) is 0 Å². The van der Waals surface area contributed by atoms with Crippen LogP contribution in [0.1, 0.15) is 34.1 Å². The van der Waals surface area contributed by atoms with Crippen LogP contribution in [-0.2, 0) is 0 Å². The van der Waals surface area contributed by atoms with Crippen LogP contribution < -0.4 is 16.0 Å². The third-order valence-electron chi connectivity index (χ3n) is 2.87. The maximum atomic E-state index is 5.85. The molecule has 1 rings (SSSR count). The van der Waals surface area contributed by atoms with E-state index >= 15 is 0 Å². The van der Waals surface area contributed by atoms with Gasteiger partial charge in [0.05, 0.1) is 0 Å². The summed E-state index contributed by atoms with van der Waals surface area (Å²) in [5.41, 5.74) is 7.07. The number of para-hydroxylation sites is 1. The lowest BCUT2D eigenvalue weighted by molar-refractivity contribution is 0.508. The van der Waals surface area contributed by atoms with Crippen molar-refractivity contribution < 1.29 is 0 Å². The minimum Gasteiger partial charge on any atom is -0.372 e. The standard InChI is InChI=1S/C16H28N4.HI/c1-5-20(14-10-7-6-8-11-14)13-9-12-18-15(17)19-16(2,3)4;/h6-8,10-11H,5,9,12-13H2,1-4H3,(H3,17,18,19);1H. The van der Waals surface area contributed by atoms with Crippen molar-refractivity contribution in [2.24, 2.45) is 10.7 Å². The van der Waals surface area contributed by atoms with Crippen LogP contribution in [0.15, 0.2) is 35.3 Å². The zero-order valence-corrected chi connectivity index (χ0v) is 15.9. The van der Waals surface area contributed by atoms with Gasteiger partial charge >= 0.3 is 0 Å². The van der Waals surface area contributed by atoms with E-state index in [1.165, 1.54) is 5.69 Å². The van der Waals surface area contributed by atoms with Crippen molar-refractivity contribution in [3.63, 3.8) is 0 Å². The summed E-state index contributed by atoms with van der Waals surface area (Å²) in [7, 11) is 0. The van der Waals surface area contributed by atoms with E-state index < -0.39 is 0 Å². The maximum absolute atomic E-state index is 5.85. The second-order valence-electron chi connectivity index (χ2n) is 5.91. The molecular formula is C16H29IN4. The number of guanidine groups is 1. The SMILES string of the molecule is CCN(CCCN=C(N)NC(C)(C)C)c1ccccc1.I. The van der Waals surface area contributed by atoms with Crippen molar-refractivity contribution >= 4 is 35.6 Å². The topological polar surface area (TPSA) is 53.6 Å². The molecule has 0 unspecified atom stereocenters. The fraction of sp³-hybridized carbons (Fsp3) is 0.562. The van der Waals surface area contributed by atoms with Gasteiger partial charge in [-0.25, -0.2) is 0 Å². The van der Waals surface area contributed by atoms with E-state index in [0.29, 0.717) is 5.96 Å². The number of nitrogens with zero attached hydrogens (tertiary/aromatic N) is 2. The fourth-order valence-electron chi connectivity index (χ4n) is 1.99. The van der Waals surface area contributed by atoms with Crippen LogP contribution >= 0.6 is 24.0 Å². The minimum atomic E-state index is -0.0346. The summed E-state index contributed by atoms with van der Waals surface area (Å²) < 4.78 is 0. The maximum Gasteiger partial charge on any atom is 0.188 e. The van der Waals surface area contributed by atoms with Gasteiger partial charge in [-0.2, -0.15) is 0 Å². The Hall–Kier alpha value is -0.980. The number of halogens is 1. The molecule has 0 aliphatic carbocycles. The van der Waals surface area contributed by atoms with Gasteiger partial charge in [-0.1, -0.05) is 18.2 Å². The average molecular weight is 404 g/mol. The lowest BCUT2D eigenvalue weighted by Gasteiger charge is -2.23. The van der Waals surface area contributed by atoms with E-state index in [-0.39, 0.29) is 29.5 Å². The highest BCUT2D eigenvalue weighted by atomic mass is 127. The number of nitrogens with two attached hydrogens (primary N) is 1. The van der Waals surface area contributed by atoms with Gasteiger partial charge < -0.3 is 16.0 Å². The summed E-state index contributed by atoms with van der Waals surface area (Å²) in [6, 6.07) is 10.5. The summed E-state index contributed by atoms with van der Waals surface area (Å²) in [5.74, 6) is 0.528. The molecule has 0 spiro atoms. The Balaban J connectivity index is 0.00000400. The zero-order chi connectivity index (χ0) is 15.0. The zero-order valence-electron chi connectivity index (χ0n) is 13.6. The van der Waals surface area contributed by atoms with Gasteiger partial charge in [-0.3, -0.25) is 4.99 Å². The highest BCUT2D eigenvalue weighted by molar-refractivity contribution is 14.0. The summed E-state index contributed by atoms with van der Waals surface area (Å²) in [4.78, 5) is 6.72. The fourth-order valence-corrected chi connectivity index (χ4v) is 1.99. The Morgan fingerprint density at radius 1 is 1.24 bits per heavy atom. The Morgan fingerprint density at radius 3 is 2.38 bits per heavy atom. The number of rotatable bonds is 6. The molecule has 0 aromatic heterocycles. The largest absolute Gasteiger partial charge is 0.372 e. The van der Waals surface area contributed by atoms with Crippen LogP contribution in [0.2, 0.25) is 0 Å². The molecule has 120 valence electrons. The molecule has 0 radical (unpaired) electrons. The molecule has 0 atom stereocenters. The number of aliphatic imine (C=N–C) groups is 1. The highest BCUT2D eigenvalue weighted by Gasteiger charge is 2.09. The van der Waals surface area contributed by atoms with Crippen LogP contribution in [0.4, 0.5) is 5.69 Å². The van der Waals surface area contributed by atoms with Crippen molar-refractivity contribution in [3.8, 4) is 0 Å². The quantitative estimate of drug-likeness (QED) is 0.331. The molecule has 0 saturated heterocycles. The van der Waals surface area contributed by atoms with Gasteiger partial charge in [0.1, 0.15) is 0 Å². The van der Waals surface area contributed by atoms with Gasteiger partial charge in [0.25, 0.3) is 0 Å². The molecular weight excluding hydrogens is 375 g/mol. The molecule has 1 aromatic carbocycles. The number of hydrogen-bond acceptors (Lipinski definition) is 2.